The van der Waals surface area contributed by atoms with Crippen LogP contribution in [0.3, 0.4) is 0 Å². The van der Waals surface area contributed by atoms with Crippen molar-refractivity contribution >= 4 is 39.4 Å². The number of carbonyl (C=O) groups is 2. The van der Waals surface area contributed by atoms with Crippen LogP contribution in [0.5, 0.6) is 0 Å². The fourth-order valence-electron chi connectivity index (χ4n) is 4.23. The number of amides is 2. The van der Waals surface area contributed by atoms with E-state index in [9.17, 15) is 9.59 Å². The number of piperidine rings is 1. The van der Waals surface area contributed by atoms with Crippen molar-refractivity contribution in [1.29, 1.82) is 0 Å². The molecular weight excluding hydrogens is 478 g/mol. The van der Waals surface area contributed by atoms with Crippen LogP contribution in [0.2, 0.25) is 0 Å². The second-order valence-electron chi connectivity index (χ2n) is 9.78. The molecule has 3 aromatic rings. The van der Waals surface area contributed by atoms with Gasteiger partial charge in [-0.3, -0.25) is 9.63 Å². The van der Waals surface area contributed by atoms with Gasteiger partial charge in [0.15, 0.2) is 0 Å². The van der Waals surface area contributed by atoms with Crippen LogP contribution in [0.25, 0.3) is 21.3 Å². The third kappa shape index (κ3) is 5.76. The fourth-order valence-corrected chi connectivity index (χ4v) is 5.29. The third-order valence-corrected chi connectivity index (χ3v) is 7.07. The highest BCUT2D eigenvalue weighted by Gasteiger charge is 2.29. The van der Waals surface area contributed by atoms with Crippen LogP contribution >= 0.6 is 11.3 Å². The third-order valence-electron chi connectivity index (χ3n) is 6.10. The molecule has 1 N–H and O–H groups in total. The molecular formula is C26H33N5O4S. The van der Waals surface area contributed by atoms with Crippen LogP contribution in [-0.2, 0) is 9.57 Å². The normalized spacial score (nSPS) is 14.6. The van der Waals surface area contributed by atoms with Gasteiger partial charge in [-0.2, -0.15) is 0 Å². The van der Waals surface area contributed by atoms with Crippen LogP contribution in [0.4, 0.5) is 10.6 Å². The first-order chi connectivity index (χ1) is 17.2. The molecule has 36 heavy (non-hydrogen) atoms. The first-order valence-electron chi connectivity index (χ1n) is 12.1. The van der Waals surface area contributed by atoms with E-state index in [1.54, 1.807) is 34.7 Å². The molecule has 3 heterocycles. The van der Waals surface area contributed by atoms with E-state index in [4.69, 9.17) is 9.57 Å². The Morgan fingerprint density at radius 1 is 1.17 bits per heavy atom. The zero-order chi connectivity index (χ0) is 25.9. The molecule has 1 aromatic carbocycles. The van der Waals surface area contributed by atoms with E-state index in [0.717, 1.165) is 40.0 Å². The summed E-state index contributed by atoms with van der Waals surface area (Å²) in [4.78, 5) is 42.7. The zero-order valence-electron chi connectivity index (χ0n) is 21.4. The molecule has 192 valence electrons. The number of aromatic nitrogens is 2. The van der Waals surface area contributed by atoms with Crippen molar-refractivity contribution < 1.29 is 19.2 Å². The average Bonchev–Trinajstić information content (AvgIpc) is 3.30. The second kappa shape index (κ2) is 10.8. The molecule has 1 fully saturated rings. The predicted molar refractivity (Wildman–Crippen MR) is 141 cm³/mol. The van der Waals surface area contributed by atoms with Gasteiger partial charge >= 0.3 is 6.09 Å². The number of carbonyl (C=O) groups excluding carboxylic acids is 2. The predicted octanol–water partition coefficient (Wildman–Crippen LogP) is 4.88. The molecule has 4 rings (SSSR count). The first-order valence-corrected chi connectivity index (χ1v) is 13.0. The number of benzene rings is 1. The number of fused-ring (bicyclic) bond motifs is 1. The van der Waals surface area contributed by atoms with Gasteiger partial charge in [-0.25, -0.2) is 20.2 Å². The Morgan fingerprint density at radius 3 is 2.50 bits per heavy atom. The van der Waals surface area contributed by atoms with Gasteiger partial charge in [0, 0.05) is 42.7 Å². The Labute approximate surface area is 215 Å². The largest absolute Gasteiger partial charge is 0.444 e. The van der Waals surface area contributed by atoms with E-state index in [-0.39, 0.29) is 18.0 Å². The minimum Gasteiger partial charge on any atom is -0.444 e. The topological polar surface area (TPSA) is 96.9 Å². The van der Waals surface area contributed by atoms with Crippen LogP contribution < -0.4 is 10.4 Å². The van der Waals surface area contributed by atoms with Gasteiger partial charge in [0.25, 0.3) is 5.91 Å². The molecule has 1 saturated heterocycles. The van der Waals surface area contributed by atoms with Crippen LogP contribution in [0.1, 0.15) is 50.9 Å². The summed E-state index contributed by atoms with van der Waals surface area (Å²) in [6.07, 6.45) is 3.02. The summed E-state index contributed by atoms with van der Waals surface area (Å²) in [6, 6.07) is 7.65. The van der Waals surface area contributed by atoms with Crippen LogP contribution in [-0.4, -0.2) is 65.3 Å². The summed E-state index contributed by atoms with van der Waals surface area (Å²) in [7, 11) is 2.06. The Kier molecular flexibility index (Phi) is 7.75. The van der Waals surface area contributed by atoms with Crippen molar-refractivity contribution in [3.05, 3.63) is 41.5 Å². The van der Waals surface area contributed by atoms with Gasteiger partial charge in [-0.15, -0.1) is 11.3 Å². The number of hydrogen-bond acceptors (Lipinski definition) is 8. The maximum absolute atomic E-state index is 12.4. The summed E-state index contributed by atoms with van der Waals surface area (Å²) >= 11 is 1.61. The van der Waals surface area contributed by atoms with Crippen LogP contribution in [0.15, 0.2) is 36.0 Å². The number of hydroxylamine groups is 1. The fraction of sp³-hybridized carbons (Fsp3) is 0.462. The number of ether oxygens (including phenoxy) is 1. The van der Waals surface area contributed by atoms with E-state index in [0.29, 0.717) is 25.3 Å². The first kappa shape index (κ1) is 25.8. The van der Waals surface area contributed by atoms with Crippen molar-refractivity contribution in [2.75, 3.05) is 31.6 Å². The lowest BCUT2D eigenvalue weighted by Crippen LogP contribution is -2.47. The average molecular weight is 512 g/mol. The van der Waals surface area contributed by atoms with Crippen molar-refractivity contribution in [3.63, 3.8) is 0 Å². The van der Waals surface area contributed by atoms with Crippen molar-refractivity contribution in [1.82, 2.24) is 20.3 Å². The maximum Gasteiger partial charge on any atom is 0.410 e. The van der Waals surface area contributed by atoms with Crippen molar-refractivity contribution in [3.8, 4) is 11.1 Å². The number of nitrogens with one attached hydrogen (secondary N) is 1. The molecule has 0 saturated carbocycles. The molecule has 10 heteroatoms. The van der Waals surface area contributed by atoms with Gasteiger partial charge in [0.05, 0.1) is 16.8 Å². The molecule has 0 atom stereocenters. The smallest absolute Gasteiger partial charge is 0.410 e. The van der Waals surface area contributed by atoms with Gasteiger partial charge in [-0.1, -0.05) is 12.1 Å². The number of nitrogens with zero attached hydrogens (tertiary/aromatic N) is 4. The van der Waals surface area contributed by atoms with E-state index >= 15 is 0 Å². The van der Waals surface area contributed by atoms with Gasteiger partial charge < -0.3 is 14.5 Å². The lowest BCUT2D eigenvalue weighted by atomic mass is 10.0. The monoisotopic (exact) mass is 511 g/mol. The highest BCUT2D eigenvalue weighted by atomic mass is 32.1. The summed E-state index contributed by atoms with van der Waals surface area (Å²) in [5.74, 6) is 0.613. The van der Waals surface area contributed by atoms with Crippen molar-refractivity contribution in [2.45, 2.75) is 52.2 Å². The Bertz CT molecular complexity index is 1210. The summed E-state index contributed by atoms with van der Waals surface area (Å²) in [5, 5.41) is 2.08. The number of hydrogen-bond donors (Lipinski definition) is 1. The quantitative estimate of drug-likeness (QED) is 0.471. The molecule has 2 aromatic heterocycles. The zero-order valence-corrected chi connectivity index (χ0v) is 22.2. The number of anilines is 1. The van der Waals surface area contributed by atoms with E-state index in [1.807, 2.05) is 39.8 Å². The summed E-state index contributed by atoms with van der Waals surface area (Å²) < 4.78 is 6.54. The number of rotatable bonds is 6. The lowest BCUT2D eigenvalue weighted by molar-refractivity contribution is 0.0205. The summed E-state index contributed by atoms with van der Waals surface area (Å²) in [5.41, 5.74) is 5.31. The van der Waals surface area contributed by atoms with Gasteiger partial charge in [-0.05, 0) is 58.2 Å². The Balaban J connectivity index is 1.48. The standard InChI is InChI=1S/C26H33N5O4S/c1-6-34-29-24(32)18-9-7-17(8-10-18)20-15-36-22-21(20)27-16-28-23(22)30(5)19-11-13-31(14-12-19)25(33)35-26(2,3)4/h7-10,15-16,19H,6,11-14H2,1-5H3,(H,29,32). The summed E-state index contributed by atoms with van der Waals surface area (Å²) in [6.45, 7) is 9.17. The highest BCUT2D eigenvalue weighted by Crippen LogP contribution is 2.37. The minimum atomic E-state index is -0.496. The number of thiophene rings is 1. The molecule has 0 unspecified atom stereocenters. The lowest BCUT2D eigenvalue weighted by Gasteiger charge is -2.37. The highest BCUT2D eigenvalue weighted by molar-refractivity contribution is 7.18. The molecule has 0 spiro atoms. The van der Waals surface area contributed by atoms with Crippen molar-refractivity contribution in [2.24, 2.45) is 0 Å². The van der Waals surface area contributed by atoms with Crippen LogP contribution in [0, 0.1) is 0 Å². The van der Waals surface area contributed by atoms with Gasteiger partial charge in [0.2, 0.25) is 0 Å². The molecule has 9 nitrogen and oxygen atoms in total. The minimum absolute atomic E-state index is 0.252. The molecule has 2 amide bonds. The molecule has 0 bridgehead atoms. The van der Waals surface area contributed by atoms with E-state index in [2.05, 4.69) is 32.8 Å². The second-order valence-corrected chi connectivity index (χ2v) is 10.7. The molecule has 1 aliphatic rings. The van der Waals surface area contributed by atoms with E-state index in [1.165, 1.54) is 0 Å². The Morgan fingerprint density at radius 2 is 1.86 bits per heavy atom. The SMILES string of the molecule is CCONC(=O)c1ccc(-c2csc3c(N(C)C4CCN(C(=O)OC(C)(C)C)CC4)ncnc23)cc1. The maximum atomic E-state index is 12.4. The van der Waals surface area contributed by atoms with E-state index < -0.39 is 5.60 Å². The number of likely N-dealkylation sites (tertiary alicyclic amines) is 1. The molecule has 0 aliphatic carbocycles. The molecule has 0 radical (unpaired) electrons. The Hall–Kier alpha value is -3.24. The van der Waals surface area contributed by atoms with Gasteiger partial charge in [0.1, 0.15) is 17.7 Å². The molecule has 1 aliphatic heterocycles.